The summed E-state index contributed by atoms with van der Waals surface area (Å²) in [5.41, 5.74) is 6.22. The van der Waals surface area contributed by atoms with E-state index in [2.05, 4.69) is 34.6 Å². The Morgan fingerprint density at radius 3 is 1.85 bits per heavy atom. The van der Waals surface area contributed by atoms with Gasteiger partial charge in [-0.2, -0.15) is 0 Å². The van der Waals surface area contributed by atoms with Crippen LogP contribution in [0, 0.1) is 23.7 Å². The van der Waals surface area contributed by atoms with Crippen molar-refractivity contribution < 1.29 is 0 Å². The third-order valence-corrected chi connectivity index (χ3v) is 5.65. The number of nitrogens with two attached hydrogens (primary N) is 1. The molecular weight excluding hydrogens is 313 g/mol. The molecule has 0 saturated heterocycles. The molecule has 0 aliphatic heterocycles. The highest BCUT2D eigenvalue weighted by Crippen LogP contribution is 2.32. The van der Waals surface area contributed by atoms with Crippen LogP contribution in [-0.2, 0) is 0 Å². The number of rotatable bonds is 10. The molecule has 0 aliphatic rings. The quantitative estimate of drug-likeness (QED) is 0.520. The van der Waals surface area contributed by atoms with Crippen LogP contribution >= 0.6 is 34.8 Å². The van der Waals surface area contributed by atoms with Crippen LogP contribution in [0.1, 0.15) is 53.9 Å². The van der Waals surface area contributed by atoms with E-state index in [0.717, 1.165) is 19.3 Å². The van der Waals surface area contributed by atoms with E-state index in [1.54, 1.807) is 0 Å². The minimum atomic E-state index is 0.127. The SMILES string of the molecule is CC(C)C(N)CC(C(C)Cl)C(C)CC(Cl)C(C)CCCl. The summed E-state index contributed by atoms with van der Waals surface area (Å²) >= 11 is 18.7. The molecule has 0 radical (unpaired) electrons. The summed E-state index contributed by atoms with van der Waals surface area (Å²) in [7, 11) is 0. The Morgan fingerprint density at radius 1 is 0.900 bits per heavy atom. The molecule has 0 amide bonds. The molecule has 0 fully saturated rings. The summed E-state index contributed by atoms with van der Waals surface area (Å²) in [4.78, 5) is 0. The van der Waals surface area contributed by atoms with E-state index in [4.69, 9.17) is 40.5 Å². The second-order valence-corrected chi connectivity index (χ2v) is 8.30. The molecule has 1 nitrogen and oxygen atoms in total. The molecule has 0 rings (SSSR count). The highest BCUT2D eigenvalue weighted by Gasteiger charge is 2.28. The van der Waals surface area contributed by atoms with Gasteiger partial charge in [0.25, 0.3) is 0 Å². The standard InChI is InChI=1S/C16H32Cl3N/c1-10(2)16(20)9-14(13(5)18)12(4)8-15(19)11(3)6-7-17/h10-16H,6-9,20H2,1-5H3. The minimum absolute atomic E-state index is 0.127. The van der Waals surface area contributed by atoms with Gasteiger partial charge in [0.05, 0.1) is 0 Å². The van der Waals surface area contributed by atoms with Gasteiger partial charge in [-0.15, -0.1) is 34.8 Å². The van der Waals surface area contributed by atoms with E-state index in [1.807, 2.05) is 0 Å². The molecule has 0 aliphatic carbocycles. The van der Waals surface area contributed by atoms with Gasteiger partial charge >= 0.3 is 0 Å². The van der Waals surface area contributed by atoms with Gasteiger partial charge in [0.15, 0.2) is 0 Å². The zero-order valence-electron chi connectivity index (χ0n) is 13.6. The average molecular weight is 345 g/mol. The van der Waals surface area contributed by atoms with Gasteiger partial charge in [-0.05, 0) is 49.9 Å². The van der Waals surface area contributed by atoms with E-state index in [9.17, 15) is 0 Å². The topological polar surface area (TPSA) is 26.0 Å². The van der Waals surface area contributed by atoms with Crippen LogP contribution in [-0.4, -0.2) is 22.7 Å². The van der Waals surface area contributed by atoms with E-state index >= 15 is 0 Å². The van der Waals surface area contributed by atoms with Crippen molar-refractivity contribution >= 4 is 34.8 Å². The van der Waals surface area contributed by atoms with Crippen LogP contribution in [0.15, 0.2) is 0 Å². The summed E-state index contributed by atoms with van der Waals surface area (Å²) in [6.45, 7) is 10.8. The molecule has 122 valence electrons. The van der Waals surface area contributed by atoms with Crippen molar-refractivity contribution in [2.75, 3.05) is 5.88 Å². The predicted octanol–water partition coefficient (Wildman–Crippen LogP) is 5.50. The van der Waals surface area contributed by atoms with E-state index in [-0.39, 0.29) is 16.8 Å². The molecule has 0 heterocycles. The molecule has 0 aromatic heterocycles. The predicted molar refractivity (Wildman–Crippen MR) is 94.2 cm³/mol. The second kappa shape index (κ2) is 10.5. The van der Waals surface area contributed by atoms with Gasteiger partial charge in [0.2, 0.25) is 0 Å². The molecule has 0 aromatic rings. The Bertz CT molecular complexity index is 246. The average Bonchev–Trinajstić information content (AvgIpc) is 2.34. The first-order valence-corrected chi connectivity index (χ1v) is 9.21. The van der Waals surface area contributed by atoms with Crippen LogP contribution in [0.4, 0.5) is 0 Å². The Labute approximate surface area is 140 Å². The molecule has 20 heavy (non-hydrogen) atoms. The fourth-order valence-corrected chi connectivity index (χ4v) is 3.68. The monoisotopic (exact) mass is 343 g/mol. The summed E-state index contributed by atoms with van der Waals surface area (Å²) in [6.07, 6.45) is 2.91. The Kier molecular flexibility index (Phi) is 11.0. The van der Waals surface area contributed by atoms with Gasteiger partial charge in [-0.3, -0.25) is 0 Å². The molecule has 4 heteroatoms. The fourth-order valence-electron chi connectivity index (χ4n) is 2.57. The van der Waals surface area contributed by atoms with Crippen LogP contribution in [0.2, 0.25) is 0 Å². The number of hydrogen-bond acceptors (Lipinski definition) is 1. The Morgan fingerprint density at radius 2 is 1.45 bits per heavy atom. The number of halogens is 3. The van der Waals surface area contributed by atoms with Crippen LogP contribution in [0.25, 0.3) is 0 Å². The largest absolute Gasteiger partial charge is 0.327 e. The first-order chi connectivity index (χ1) is 9.20. The maximum absolute atomic E-state index is 6.52. The van der Waals surface area contributed by atoms with Crippen molar-refractivity contribution in [3.8, 4) is 0 Å². The van der Waals surface area contributed by atoms with E-state index < -0.39 is 0 Å². The van der Waals surface area contributed by atoms with Crippen molar-refractivity contribution in [1.82, 2.24) is 0 Å². The molecule has 0 spiro atoms. The lowest BCUT2D eigenvalue weighted by molar-refractivity contribution is 0.260. The maximum atomic E-state index is 6.52. The molecule has 0 aromatic carbocycles. The van der Waals surface area contributed by atoms with Gasteiger partial charge in [0, 0.05) is 22.7 Å². The van der Waals surface area contributed by atoms with Crippen molar-refractivity contribution in [3.05, 3.63) is 0 Å². The van der Waals surface area contributed by atoms with Crippen LogP contribution < -0.4 is 5.73 Å². The summed E-state index contributed by atoms with van der Waals surface area (Å²) in [5, 5.41) is 0.291. The first kappa shape index (κ1) is 20.8. The second-order valence-electron chi connectivity index (χ2n) is 6.67. The third kappa shape index (κ3) is 7.73. The lowest BCUT2D eigenvalue weighted by Crippen LogP contribution is -2.35. The van der Waals surface area contributed by atoms with Gasteiger partial charge in [-0.25, -0.2) is 0 Å². The van der Waals surface area contributed by atoms with Crippen molar-refractivity contribution in [2.45, 2.75) is 70.7 Å². The van der Waals surface area contributed by atoms with Crippen molar-refractivity contribution in [1.29, 1.82) is 0 Å². The first-order valence-electron chi connectivity index (χ1n) is 7.80. The fraction of sp³-hybridized carbons (Fsp3) is 1.00. The smallest absolute Gasteiger partial charge is 0.0364 e. The number of hydrogen-bond donors (Lipinski definition) is 1. The number of alkyl halides is 3. The van der Waals surface area contributed by atoms with Crippen LogP contribution in [0.5, 0.6) is 0 Å². The summed E-state index contributed by atoms with van der Waals surface area (Å²) in [5.74, 6) is 2.50. The van der Waals surface area contributed by atoms with E-state index in [0.29, 0.717) is 29.6 Å². The zero-order chi connectivity index (χ0) is 15.9. The Hall–Kier alpha value is 0.830. The molecule has 0 bridgehead atoms. The summed E-state index contributed by atoms with van der Waals surface area (Å²) in [6, 6.07) is 0.206. The molecular formula is C16H32Cl3N. The van der Waals surface area contributed by atoms with Gasteiger partial charge < -0.3 is 5.73 Å². The van der Waals surface area contributed by atoms with Crippen molar-refractivity contribution in [3.63, 3.8) is 0 Å². The molecule has 6 unspecified atom stereocenters. The maximum Gasteiger partial charge on any atom is 0.0364 e. The van der Waals surface area contributed by atoms with Gasteiger partial charge in [0.1, 0.15) is 0 Å². The highest BCUT2D eigenvalue weighted by atomic mass is 35.5. The van der Waals surface area contributed by atoms with Crippen molar-refractivity contribution in [2.24, 2.45) is 29.4 Å². The zero-order valence-corrected chi connectivity index (χ0v) is 15.8. The minimum Gasteiger partial charge on any atom is -0.327 e. The normalized spacial score (nSPS) is 21.3. The lowest BCUT2D eigenvalue weighted by atomic mass is 9.80. The third-order valence-electron chi connectivity index (χ3n) is 4.50. The molecule has 0 saturated carbocycles. The Balaban J connectivity index is 4.53. The lowest BCUT2D eigenvalue weighted by Gasteiger charge is -2.32. The highest BCUT2D eigenvalue weighted by molar-refractivity contribution is 6.21. The van der Waals surface area contributed by atoms with Gasteiger partial charge in [-0.1, -0.05) is 27.7 Å². The van der Waals surface area contributed by atoms with E-state index in [1.165, 1.54) is 0 Å². The molecule has 6 atom stereocenters. The van der Waals surface area contributed by atoms with Crippen LogP contribution in [0.3, 0.4) is 0 Å². The molecule has 2 N–H and O–H groups in total. The summed E-state index contributed by atoms with van der Waals surface area (Å²) < 4.78 is 0.